The molecular weight excluding hydrogens is 214 g/mol. The molecule has 0 amide bonds. The molecule has 0 aromatic carbocycles. The van der Waals surface area contributed by atoms with Crippen LogP contribution in [0.1, 0.15) is 25.0 Å². The largest absolute Gasteiger partial charge is 0.470 e. The quantitative estimate of drug-likeness (QED) is 0.805. The van der Waals surface area contributed by atoms with Crippen molar-refractivity contribution in [2.75, 3.05) is 0 Å². The highest BCUT2D eigenvalue weighted by Gasteiger charge is 2.15. The molecule has 4 heteroatoms. The molecule has 0 saturated heterocycles. The first kappa shape index (κ1) is 10.3. The van der Waals surface area contributed by atoms with Crippen molar-refractivity contribution in [1.82, 2.24) is 15.2 Å². The molecule has 0 fully saturated rings. The fraction of sp³-hybridized carbons (Fsp3) is 0.385. The summed E-state index contributed by atoms with van der Waals surface area (Å²) in [6.45, 7) is 1.99. The number of aromatic amines is 1. The molecule has 2 aromatic rings. The molecule has 17 heavy (non-hydrogen) atoms. The average Bonchev–Trinajstić information content (AvgIpc) is 2.74. The van der Waals surface area contributed by atoms with E-state index in [4.69, 9.17) is 4.74 Å². The van der Waals surface area contributed by atoms with E-state index in [-0.39, 0.29) is 6.10 Å². The van der Waals surface area contributed by atoms with E-state index in [1.54, 1.807) is 6.20 Å². The van der Waals surface area contributed by atoms with E-state index in [1.165, 1.54) is 6.42 Å². The topological polar surface area (TPSA) is 50.8 Å². The minimum absolute atomic E-state index is 0.149. The van der Waals surface area contributed by atoms with Gasteiger partial charge in [0.25, 0.3) is 0 Å². The third kappa shape index (κ3) is 1.90. The molecule has 1 N–H and O–H groups in total. The minimum atomic E-state index is 0.149. The number of hydrogen-bond donors (Lipinski definition) is 1. The predicted molar refractivity (Wildman–Crippen MR) is 66.0 cm³/mol. The molecule has 1 aliphatic rings. The second kappa shape index (κ2) is 4.20. The molecule has 4 nitrogen and oxygen atoms in total. The Labute approximate surface area is 99.7 Å². The maximum absolute atomic E-state index is 5.95. The summed E-state index contributed by atoms with van der Waals surface area (Å²) in [5, 5.41) is 8.17. The summed E-state index contributed by atoms with van der Waals surface area (Å²) >= 11 is 0. The van der Waals surface area contributed by atoms with E-state index in [1.807, 2.05) is 13.0 Å². The number of H-pyrrole nitrogens is 1. The minimum Gasteiger partial charge on any atom is -0.470 e. The van der Waals surface area contributed by atoms with Crippen molar-refractivity contribution in [3.63, 3.8) is 0 Å². The van der Waals surface area contributed by atoms with Gasteiger partial charge in [0.1, 0.15) is 6.10 Å². The normalized spacial score (nSPS) is 19.7. The fourth-order valence-corrected chi connectivity index (χ4v) is 2.19. The van der Waals surface area contributed by atoms with E-state index in [0.29, 0.717) is 5.88 Å². The number of fused-ring (bicyclic) bond motifs is 1. The van der Waals surface area contributed by atoms with Crippen LogP contribution in [0.5, 0.6) is 5.88 Å². The third-order valence-corrected chi connectivity index (χ3v) is 3.09. The van der Waals surface area contributed by atoms with Crippen molar-refractivity contribution in [3.8, 4) is 5.88 Å². The maximum Gasteiger partial charge on any atom is 0.225 e. The highest BCUT2D eigenvalue weighted by molar-refractivity contribution is 5.85. The van der Waals surface area contributed by atoms with Crippen LogP contribution in [0.3, 0.4) is 0 Å². The Morgan fingerprint density at radius 1 is 1.47 bits per heavy atom. The van der Waals surface area contributed by atoms with Crippen LogP contribution in [-0.4, -0.2) is 21.3 Å². The van der Waals surface area contributed by atoms with Crippen LogP contribution in [0.25, 0.3) is 10.9 Å². The molecule has 0 bridgehead atoms. The number of hydrogen-bond acceptors (Lipinski definition) is 3. The van der Waals surface area contributed by atoms with Crippen molar-refractivity contribution in [2.24, 2.45) is 0 Å². The smallest absolute Gasteiger partial charge is 0.225 e. The van der Waals surface area contributed by atoms with Gasteiger partial charge in [0.15, 0.2) is 0 Å². The van der Waals surface area contributed by atoms with E-state index in [9.17, 15) is 0 Å². The summed E-state index contributed by atoms with van der Waals surface area (Å²) in [6.07, 6.45) is 9.59. The van der Waals surface area contributed by atoms with Gasteiger partial charge in [-0.15, -0.1) is 0 Å². The number of aromatic nitrogens is 3. The van der Waals surface area contributed by atoms with Gasteiger partial charge >= 0.3 is 0 Å². The second-order valence-corrected chi connectivity index (χ2v) is 4.37. The van der Waals surface area contributed by atoms with Crippen LogP contribution >= 0.6 is 0 Å². The van der Waals surface area contributed by atoms with Gasteiger partial charge in [-0.2, -0.15) is 5.10 Å². The number of allylic oxidation sites excluding steroid dienone is 1. The lowest BCUT2D eigenvalue weighted by molar-refractivity contribution is 0.224. The Morgan fingerprint density at radius 3 is 3.24 bits per heavy atom. The lowest BCUT2D eigenvalue weighted by Gasteiger charge is -2.18. The van der Waals surface area contributed by atoms with Crippen molar-refractivity contribution in [3.05, 3.63) is 30.1 Å². The van der Waals surface area contributed by atoms with Gasteiger partial charge in [-0.3, -0.25) is 5.10 Å². The summed E-state index contributed by atoms with van der Waals surface area (Å²) in [6, 6.07) is 1.89. The molecule has 88 valence electrons. The number of aryl methyl sites for hydroxylation is 1. The number of ether oxygens (including phenoxy) is 1. The lowest BCUT2D eigenvalue weighted by atomic mass is 10.1. The molecule has 0 radical (unpaired) electrons. The third-order valence-electron chi connectivity index (χ3n) is 3.09. The van der Waals surface area contributed by atoms with E-state index < -0.39 is 0 Å². The molecule has 0 aliphatic heterocycles. The van der Waals surface area contributed by atoms with E-state index in [0.717, 1.165) is 29.4 Å². The molecular formula is C13H15N3O. The first-order valence-electron chi connectivity index (χ1n) is 5.97. The van der Waals surface area contributed by atoms with Gasteiger partial charge in [0.2, 0.25) is 5.88 Å². The zero-order valence-electron chi connectivity index (χ0n) is 9.81. The van der Waals surface area contributed by atoms with Crippen LogP contribution < -0.4 is 4.74 Å². The Balaban J connectivity index is 1.96. The van der Waals surface area contributed by atoms with Gasteiger partial charge in [0.05, 0.1) is 10.9 Å². The number of pyridine rings is 1. The SMILES string of the molecule is Cc1[nH]nc2ccnc(OC3C=CCCC3)c12. The number of rotatable bonds is 2. The molecule has 2 aromatic heterocycles. The zero-order chi connectivity index (χ0) is 11.7. The van der Waals surface area contributed by atoms with Crippen molar-refractivity contribution in [2.45, 2.75) is 32.3 Å². The Hall–Kier alpha value is -1.84. The van der Waals surface area contributed by atoms with Gasteiger partial charge in [-0.25, -0.2) is 4.98 Å². The van der Waals surface area contributed by atoms with Crippen LogP contribution in [0.4, 0.5) is 0 Å². The fourth-order valence-electron chi connectivity index (χ4n) is 2.19. The lowest BCUT2D eigenvalue weighted by Crippen LogP contribution is -2.16. The van der Waals surface area contributed by atoms with Crippen molar-refractivity contribution in [1.29, 1.82) is 0 Å². The Kier molecular flexibility index (Phi) is 2.55. The molecule has 1 unspecified atom stereocenters. The van der Waals surface area contributed by atoms with E-state index >= 15 is 0 Å². The first-order chi connectivity index (χ1) is 8.34. The number of nitrogens with one attached hydrogen (secondary N) is 1. The monoisotopic (exact) mass is 229 g/mol. The summed E-state index contributed by atoms with van der Waals surface area (Å²) in [5.41, 5.74) is 1.91. The van der Waals surface area contributed by atoms with Gasteiger partial charge in [-0.05, 0) is 38.3 Å². The Bertz CT molecular complexity index is 559. The molecule has 0 saturated carbocycles. The maximum atomic E-state index is 5.95. The van der Waals surface area contributed by atoms with Gasteiger partial charge < -0.3 is 4.74 Å². The van der Waals surface area contributed by atoms with Crippen LogP contribution in [0.2, 0.25) is 0 Å². The summed E-state index contributed by atoms with van der Waals surface area (Å²) in [7, 11) is 0. The molecule has 3 rings (SSSR count). The van der Waals surface area contributed by atoms with E-state index in [2.05, 4.69) is 27.3 Å². The standard InChI is InChI=1S/C13H15N3O/c1-9-12-11(16-15-9)7-8-14-13(12)17-10-5-3-2-4-6-10/h3,5,7-8,10H,2,4,6H2,1H3,(H,15,16). The van der Waals surface area contributed by atoms with Gasteiger partial charge in [-0.1, -0.05) is 6.08 Å². The van der Waals surface area contributed by atoms with Crippen LogP contribution in [0.15, 0.2) is 24.4 Å². The number of nitrogens with zero attached hydrogens (tertiary/aromatic N) is 2. The highest BCUT2D eigenvalue weighted by atomic mass is 16.5. The second-order valence-electron chi connectivity index (χ2n) is 4.37. The summed E-state index contributed by atoms with van der Waals surface area (Å²) in [4.78, 5) is 4.32. The zero-order valence-corrected chi connectivity index (χ0v) is 9.81. The molecule has 1 atom stereocenters. The van der Waals surface area contributed by atoms with Crippen molar-refractivity contribution < 1.29 is 4.74 Å². The molecule has 1 aliphatic carbocycles. The summed E-state index contributed by atoms with van der Waals surface area (Å²) < 4.78 is 5.95. The average molecular weight is 229 g/mol. The van der Waals surface area contributed by atoms with Crippen LogP contribution in [0, 0.1) is 6.92 Å². The van der Waals surface area contributed by atoms with Crippen molar-refractivity contribution >= 4 is 10.9 Å². The first-order valence-corrected chi connectivity index (χ1v) is 5.97. The highest BCUT2D eigenvalue weighted by Crippen LogP contribution is 2.26. The molecule has 2 heterocycles. The molecule has 0 spiro atoms. The Morgan fingerprint density at radius 2 is 2.41 bits per heavy atom. The predicted octanol–water partition coefficient (Wildman–Crippen LogP) is 2.75. The summed E-state index contributed by atoms with van der Waals surface area (Å²) in [5.74, 6) is 0.685. The van der Waals surface area contributed by atoms with Gasteiger partial charge in [0, 0.05) is 11.9 Å². The van der Waals surface area contributed by atoms with Crippen LogP contribution in [-0.2, 0) is 0 Å².